The highest BCUT2D eigenvalue weighted by atomic mass is 127. The Labute approximate surface area is 140 Å². The summed E-state index contributed by atoms with van der Waals surface area (Å²) in [6.45, 7) is 6.23. The summed E-state index contributed by atoms with van der Waals surface area (Å²) in [6.07, 6.45) is 1.08. The Morgan fingerprint density at radius 2 is 2.00 bits per heavy atom. The first-order chi connectivity index (χ1) is 8.37. The highest BCUT2D eigenvalue weighted by molar-refractivity contribution is 14.0. The fraction of sp³-hybridized carbons (Fsp3) is 0.500. The van der Waals surface area contributed by atoms with Crippen molar-refractivity contribution in [2.24, 2.45) is 10.7 Å². The number of nitrogens with two attached hydrogens (primary N) is 1. The topological polar surface area (TPSA) is 50.4 Å². The average Bonchev–Trinajstić information content (AvgIpc) is 2.94. The Morgan fingerprint density at radius 3 is 2.58 bits per heavy atom. The lowest BCUT2D eigenvalue weighted by molar-refractivity contribution is 0.508. The molecule has 3 N–H and O–H groups in total. The third-order valence-corrected chi connectivity index (χ3v) is 3.59. The van der Waals surface area contributed by atoms with Crippen LogP contribution in [0.5, 0.6) is 0 Å². The molecular formula is C14H21BrIN3. The second-order valence-electron chi connectivity index (χ2n) is 5.82. The molecule has 1 aliphatic rings. The third-order valence-electron chi connectivity index (χ3n) is 2.87. The lowest BCUT2D eigenvalue weighted by Gasteiger charge is -2.21. The van der Waals surface area contributed by atoms with Crippen molar-refractivity contribution in [3.63, 3.8) is 0 Å². The van der Waals surface area contributed by atoms with E-state index in [0.29, 0.717) is 17.9 Å². The molecule has 0 amide bonds. The average molecular weight is 438 g/mol. The number of nitrogens with one attached hydrogen (secondary N) is 1. The van der Waals surface area contributed by atoms with Crippen LogP contribution in [0.25, 0.3) is 0 Å². The molecule has 0 bridgehead atoms. The molecule has 106 valence electrons. The number of benzene rings is 1. The molecular weight excluding hydrogens is 417 g/mol. The summed E-state index contributed by atoms with van der Waals surface area (Å²) in [6, 6.07) is 8.64. The lowest BCUT2D eigenvalue weighted by atomic mass is 10.1. The van der Waals surface area contributed by atoms with Gasteiger partial charge in [-0.3, -0.25) is 0 Å². The number of hydrogen-bond donors (Lipinski definition) is 2. The zero-order valence-electron chi connectivity index (χ0n) is 11.5. The molecule has 0 unspecified atom stereocenters. The van der Waals surface area contributed by atoms with Crippen LogP contribution in [0.1, 0.15) is 38.7 Å². The van der Waals surface area contributed by atoms with Gasteiger partial charge in [-0.15, -0.1) is 24.0 Å². The van der Waals surface area contributed by atoms with E-state index < -0.39 is 0 Å². The van der Waals surface area contributed by atoms with E-state index in [1.54, 1.807) is 0 Å². The maximum absolute atomic E-state index is 5.91. The predicted octanol–water partition coefficient (Wildman–Crippen LogP) is 3.63. The first kappa shape index (κ1) is 16.8. The molecule has 5 heteroatoms. The summed E-state index contributed by atoms with van der Waals surface area (Å²) in [5.74, 6) is 1.04. The molecule has 0 spiro atoms. The van der Waals surface area contributed by atoms with Crippen LogP contribution in [0.15, 0.2) is 33.7 Å². The van der Waals surface area contributed by atoms with Crippen LogP contribution in [0.4, 0.5) is 0 Å². The Kier molecular flexibility index (Phi) is 5.67. The van der Waals surface area contributed by atoms with E-state index in [4.69, 9.17) is 5.73 Å². The highest BCUT2D eigenvalue weighted by Crippen LogP contribution is 2.45. The van der Waals surface area contributed by atoms with Gasteiger partial charge in [0.05, 0.1) is 6.04 Å². The second kappa shape index (κ2) is 6.43. The zero-order valence-corrected chi connectivity index (χ0v) is 15.4. The van der Waals surface area contributed by atoms with Crippen molar-refractivity contribution in [3.8, 4) is 0 Å². The second-order valence-corrected chi connectivity index (χ2v) is 6.67. The molecule has 3 nitrogen and oxygen atoms in total. The maximum Gasteiger partial charge on any atom is 0.189 e. The number of hydrogen-bond acceptors (Lipinski definition) is 1. The molecule has 0 aliphatic heterocycles. The van der Waals surface area contributed by atoms with Crippen LogP contribution < -0.4 is 11.1 Å². The van der Waals surface area contributed by atoms with Crippen LogP contribution in [-0.4, -0.2) is 17.5 Å². The number of halogens is 2. The van der Waals surface area contributed by atoms with Gasteiger partial charge in [0.25, 0.3) is 0 Å². The van der Waals surface area contributed by atoms with Crippen molar-refractivity contribution >= 4 is 45.9 Å². The molecule has 0 radical (unpaired) electrons. The molecule has 19 heavy (non-hydrogen) atoms. The number of nitrogens with zero attached hydrogens (tertiary/aromatic N) is 1. The lowest BCUT2D eigenvalue weighted by Crippen LogP contribution is -2.45. The van der Waals surface area contributed by atoms with Gasteiger partial charge >= 0.3 is 0 Å². The summed E-state index contributed by atoms with van der Waals surface area (Å²) in [5, 5.41) is 3.19. The van der Waals surface area contributed by atoms with Gasteiger partial charge in [-0.05, 0) is 38.8 Å². The molecule has 0 aromatic heterocycles. The van der Waals surface area contributed by atoms with Crippen molar-refractivity contribution < 1.29 is 0 Å². The number of guanidine groups is 1. The quantitative estimate of drug-likeness (QED) is 0.421. The first-order valence-corrected chi connectivity index (χ1v) is 7.02. The van der Waals surface area contributed by atoms with E-state index in [-0.39, 0.29) is 29.5 Å². The van der Waals surface area contributed by atoms with Gasteiger partial charge in [0.1, 0.15) is 0 Å². The summed E-state index contributed by atoms with van der Waals surface area (Å²) >= 11 is 3.58. The van der Waals surface area contributed by atoms with E-state index >= 15 is 0 Å². The molecule has 2 atom stereocenters. The predicted molar refractivity (Wildman–Crippen MR) is 95.2 cm³/mol. The van der Waals surface area contributed by atoms with Crippen LogP contribution >= 0.6 is 39.9 Å². The van der Waals surface area contributed by atoms with Gasteiger partial charge < -0.3 is 11.1 Å². The van der Waals surface area contributed by atoms with E-state index in [1.807, 2.05) is 6.07 Å². The van der Waals surface area contributed by atoms with Crippen molar-refractivity contribution in [3.05, 3.63) is 34.3 Å². The summed E-state index contributed by atoms with van der Waals surface area (Å²) in [7, 11) is 0. The molecule has 0 saturated heterocycles. The van der Waals surface area contributed by atoms with E-state index in [1.165, 1.54) is 5.56 Å². The van der Waals surface area contributed by atoms with Gasteiger partial charge in [0, 0.05) is 15.9 Å². The van der Waals surface area contributed by atoms with Crippen LogP contribution in [0.2, 0.25) is 0 Å². The minimum Gasteiger partial charge on any atom is -0.370 e. The Bertz CT molecular complexity index is 468. The minimum atomic E-state index is -0.0364. The van der Waals surface area contributed by atoms with Gasteiger partial charge in [-0.1, -0.05) is 34.1 Å². The smallest absolute Gasteiger partial charge is 0.189 e. The number of aliphatic imine (C=N–C) groups is 1. The molecule has 0 heterocycles. The zero-order chi connectivity index (χ0) is 13.3. The van der Waals surface area contributed by atoms with Crippen molar-refractivity contribution in [2.75, 3.05) is 0 Å². The van der Waals surface area contributed by atoms with E-state index in [2.05, 4.69) is 65.2 Å². The molecule has 1 fully saturated rings. The van der Waals surface area contributed by atoms with E-state index in [9.17, 15) is 0 Å². The van der Waals surface area contributed by atoms with Gasteiger partial charge in [-0.25, -0.2) is 4.99 Å². The molecule has 1 aromatic carbocycles. The fourth-order valence-electron chi connectivity index (χ4n) is 2.03. The fourth-order valence-corrected chi connectivity index (χ4v) is 2.61. The largest absolute Gasteiger partial charge is 0.370 e. The van der Waals surface area contributed by atoms with Crippen molar-refractivity contribution in [2.45, 2.75) is 44.7 Å². The minimum absolute atomic E-state index is 0. The van der Waals surface area contributed by atoms with E-state index in [0.717, 1.165) is 10.9 Å². The maximum atomic E-state index is 5.91. The van der Waals surface area contributed by atoms with Crippen LogP contribution in [-0.2, 0) is 0 Å². The summed E-state index contributed by atoms with van der Waals surface area (Å²) < 4.78 is 1.16. The first-order valence-electron chi connectivity index (χ1n) is 6.23. The molecule has 1 aliphatic carbocycles. The molecule has 1 saturated carbocycles. The van der Waals surface area contributed by atoms with Crippen molar-refractivity contribution in [1.82, 2.24) is 5.32 Å². The molecule has 1 aromatic rings. The summed E-state index contributed by atoms with van der Waals surface area (Å²) in [5.41, 5.74) is 7.20. The summed E-state index contributed by atoms with van der Waals surface area (Å²) in [4.78, 5) is 4.54. The van der Waals surface area contributed by atoms with Gasteiger partial charge in [0.15, 0.2) is 5.96 Å². The Balaban J connectivity index is 0.00000180. The van der Waals surface area contributed by atoms with Gasteiger partial charge in [-0.2, -0.15) is 0 Å². The van der Waals surface area contributed by atoms with Crippen molar-refractivity contribution in [1.29, 1.82) is 0 Å². The van der Waals surface area contributed by atoms with Gasteiger partial charge in [0.2, 0.25) is 0 Å². The van der Waals surface area contributed by atoms with Crippen LogP contribution in [0.3, 0.4) is 0 Å². The third kappa shape index (κ3) is 4.95. The Hall–Kier alpha value is -0.300. The van der Waals surface area contributed by atoms with Crippen LogP contribution in [0, 0.1) is 0 Å². The SMILES string of the molecule is CC(C)(C)NC(N)=N[C@@H]1C[C@H]1c1ccccc1Br.I. The molecule has 2 rings (SSSR count). The highest BCUT2D eigenvalue weighted by Gasteiger charge is 2.39. The standard InChI is InChI=1S/C14H20BrN3.HI/c1-14(2,3)18-13(16)17-12-8-10(12)9-6-4-5-7-11(9)15;/h4-7,10,12H,8H2,1-3H3,(H3,16,17,18);1H/t10-,12+;/m0./s1. The Morgan fingerprint density at radius 1 is 1.37 bits per heavy atom. The monoisotopic (exact) mass is 437 g/mol. The number of rotatable bonds is 2. The normalized spacial score (nSPS) is 22.6.